The molecule has 0 atom stereocenters. The average molecular weight is 243 g/mol. The van der Waals surface area contributed by atoms with E-state index in [1.54, 1.807) is 43.6 Å². The van der Waals surface area contributed by atoms with Crippen LogP contribution in [0.15, 0.2) is 42.6 Å². The Bertz CT molecular complexity index is 543. The second kappa shape index (κ2) is 5.24. The predicted molar refractivity (Wildman–Crippen MR) is 69.0 cm³/mol. The predicted octanol–water partition coefficient (Wildman–Crippen LogP) is 1.04. The topological polar surface area (TPSA) is 84.1 Å². The van der Waals surface area contributed by atoms with Crippen LogP contribution in [0.1, 0.15) is 10.5 Å². The van der Waals surface area contributed by atoms with Gasteiger partial charge in [-0.15, -0.1) is 0 Å². The molecule has 2 aromatic rings. The van der Waals surface area contributed by atoms with E-state index in [1.165, 1.54) is 4.90 Å². The number of pyridine rings is 2. The van der Waals surface area contributed by atoms with E-state index in [-0.39, 0.29) is 5.91 Å². The summed E-state index contributed by atoms with van der Waals surface area (Å²) in [6.45, 7) is 0. The van der Waals surface area contributed by atoms with E-state index in [1.807, 2.05) is 6.07 Å². The van der Waals surface area contributed by atoms with E-state index in [0.29, 0.717) is 17.3 Å². The van der Waals surface area contributed by atoms with Gasteiger partial charge in [0.2, 0.25) is 0 Å². The van der Waals surface area contributed by atoms with Crippen molar-refractivity contribution in [2.45, 2.75) is 0 Å². The van der Waals surface area contributed by atoms with Crippen LogP contribution in [0.2, 0.25) is 0 Å². The fraction of sp³-hybridized carbons (Fsp3) is 0.0833. The van der Waals surface area contributed by atoms with Crippen LogP contribution in [-0.4, -0.2) is 22.9 Å². The molecule has 0 aliphatic rings. The van der Waals surface area contributed by atoms with E-state index in [9.17, 15) is 4.79 Å². The zero-order chi connectivity index (χ0) is 13.0. The molecular formula is C12H13N5O. The molecule has 0 radical (unpaired) electrons. The Kier molecular flexibility index (Phi) is 3.49. The SMILES string of the molecule is CN(C(=O)c1cccc(NN)n1)c1ccccn1. The van der Waals surface area contributed by atoms with Crippen molar-refractivity contribution >= 4 is 17.5 Å². The van der Waals surface area contributed by atoms with E-state index in [2.05, 4.69) is 15.4 Å². The van der Waals surface area contributed by atoms with Crippen LogP contribution < -0.4 is 16.2 Å². The van der Waals surface area contributed by atoms with Crippen LogP contribution in [0.25, 0.3) is 0 Å². The van der Waals surface area contributed by atoms with Gasteiger partial charge in [-0.3, -0.25) is 9.69 Å². The number of nitrogens with one attached hydrogen (secondary N) is 1. The number of hydrazine groups is 1. The molecule has 0 saturated carbocycles. The number of nitrogen functional groups attached to an aromatic ring is 1. The smallest absolute Gasteiger partial charge is 0.277 e. The molecule has 0 aliphatic carbocycles. The second-order valence-electron chi connectivity index (χ2n) is 3.60. The van der Waals surface area contributed by atoms with Crippen LogP contribution in [0.3, 0.4) is 0 Å². The first kappa shape index (κ1) is 12.0. The van der Waals surface area contributed by atoms with Gasteiger partial charge in [-0.05, 0) is 24.3 Å². The molecule has 0 spiro atoms. The molecule has 6 nitrogen and oxygen atoms in total. The number of nitrogens with zero attached hydrogens (tertiary/aromatic N) is 3. The summed E-state index contributed by atoms with van der Waals surface area (Å²) in [5.41, 5.74) is 2.71. The number of anilines is 2. The number of hydrogen-bond donors (Lipinski definition) is 2. The maximum atomic E-state index is 12.2. The minimum Gasteiger partial charge on any atom is -0.308 e. The lowest BCUT2D eigenvalue weighted by molar-refractivity contribution is 0.0987. The molecule has 3 N–H and O–H groups in total. The van der Waals surface area contributed by atoms with Gasteiger partial charge in [-0.1, -0.05) is 12.1 Å². The molecule has 2 heterocycles. The Morgan fingerprint density at radius 2 is 2.11 bits per heavy atom. The number of rotatable bonds is 3. The number of carbonyl (C=O) groups excluding carboxylic acids is 1. The highest BCUT2D eigenvalue weighted by Gasteiger charge is 2.15. The lowest BCUT2D eigenvalue weighted by Gasteiger charge is -2.15. The molecule has 0 aliphatic heterocycles. The van der Waals surface area contributed by atoms with Crippen molar-refractivity contribution in [2.24, 2.45) is 5.84 Å². The van der Waals surface area contributed by atoms with Gasteiger partial charge in [0.15, 0.2) is 0 Å². The van der Waals surface area contributed by atoms with Gasteiger partial charge in [-0.25, -0.2) is 15.8 Å². The summed E-state index contributed by atoms with van der Waals surface area (Å²) in [6, 6.07) is 10.4. The molecule has 0 unspecified atom stereocenters. The Morgan fingerprint density at radius 1 is 1.28 bits per heavy atom. The summed E-state index contributed by atoms with van der Waals surface area (Å²) in [5, 5.41) is 0. The van der Waals surface area contributed by atoms with Gasteiger partial charge >= 0.3 is 0 Å². The van der Waals surface area contributed by atoms with Crippen molar-refractivity contribution in [2.75, 3.05) is 17.4 Å². The first-order chi connectivity index (χ1) is 8.72. The summed E-state index contributed by atoms with van der Waals surface area (Å²) in [7, 11) is 1.65. The zero-order valence-electron chi connectivity index (χ0n) is 9.87. The molecule has 2 aromatic heterocycles. The third-order valence-electron chi connectivity index (χ3n) is 2.41. The highest BCUT2D eigenvalue weighted by atomic mass is 16.2. The lowest BCUT2D eigenvalue weighted by atomic mass is 10.3. The van der Waals surface area contributed by atoms with Gasteiger partial charge < -0.3 is 5.43 Å². The van der Waals surface area contributed by atoms with E-state index in [4.69, 9.17) is 5.84 Å². The van der Waals surface area contributed by atoms with Gasteiger partial charge in [0.1, 0.15) is 17.3 Å². The van der Waals surface area contributed by atoms with Gasteiger partial charge in [0.05, 0.1) is 0 Å². The first-order valence-corrected chi connectivity index (χ1v) is 5.35. The van der Waals surface area contributed by atoms with Crippen LogP contribution >= 0.6 is 0 Å². The Labute approximate surface area is 104 Å². The third kappa shape index (κ3) is 2.44. The standard InChI is InChI=1S/C12H13N5O/c1-17(11-7-2-3-8-14-11)12(18)9-5-4-6-10(15-9)16-13/h2-8H,13H2,1H3,(H,15,16). The molecule has 0 saturated heterocycles. The minimum atomic E-state index is -0.245. The van der Waals surface area contributed by atoms with E-state index >= 15 is 0 Å². The van der Waals surface area contributed by atoms with Crippen molar-refractivity contribution in [3.63, 3.8) is 0 Å². The maximum Gasteiger partial charge on any atom is 0.277 e. The number of hydrogen-bond acceptors (Lipinski definition) is 5. The van der Waals surface area contributed by atoms with Crippen molar-refractivity contribution in [3.05, 3.63) is 48.3 Å². The van der Waals surface area contributed by atoms with Crippen molar-refractivity contribution in [1.29, 1.82) is 0 Å². The highest BCUT2D eigenvalue weighted by molar-refractivity contribution is 6.03. The average Bonchev–Trinajstić information content (AvgIpc) is 2.46. The van der Waals surface area contributed by atoms with Crippen molar-refractivity contribution < 1.29 is 4.79 Å². The van der Waals surface area contributed by atoms with E-state index in [0.717, 1.165) is 0 Å². The fourth-order valence-electron chi connectivity index (χ4n) is 1.46. The van der Waals surface area contributed by atoms with Crippen LogP contribution in [0.4, 0.5) is 11.6 Å². The highest BCUT2D eigenvalue weighted by Crippen LogP contribution is 2.11. The number of amides is 1. The Balaban J connectivity index is 2.25. The van der Waals surface area contributed by atoms with Crippen molar-refractivity contribution in [3.8, 4) is 0 Å². The molecule has 2 rings (SSSR count). The Morgan fingerprint density at radius 3 is 2.78 bits per heavy atom. The normalized spacial score (nSPS) is 9.89. The van der Waals surface area contributed by atoms with Gasteiger partial charge in [-0.2, -0.15) is 0 Å². The summed E-state index contributed by atoms with van der Waals surface area (Å²) in [4.78, 5) is 21.8. The van der Waals surface area contributed by atoms with E-state index < -0.39 is 0 Å². The summed E-state index contributed by atoms with van der Waals surface area (Å²) in [5.74, 6) is 6.02. The van der Waals surface area contributed by atoms with Gasteiger partial charge in [0.25, 0.3) is 5.91 Å². The lowest BCUT2D eigenvalue weighted by Crippen LogP contribution is -2.28. The molecule has 0 aromatic carbocycles. The fourth-order valence-corrected chi connectivity index (χ4v) is 1.46. The van der Waals surface area contributed by atoms with Crippen LogP contribution in [-0.2, 0) is 0 Å². The molecule has 92 valence electrons. The number of nitrogens with two attached hydrogens (primary N) is 1. The first-order valence-electron chi connectivity index (χ1n) is 5.35. The molecule has 6 heteroatoms. The maximum absolute atomic E-state index is 12.2. The third-order valence-corrected chi connectivity index (χ3v) is 2.41. The molecule has 18 heavy (non-hydrogen) atoms. The van der Waals surface area contributed by atoms with Crippen LogP contribution in [0.5, 0.6) is 0 Å². The summed E-state index contributed by atoms with van der Waals surface area (Å²) in [6.07, 6.45) is 1.63. The molecule has 0 bridgehead atoms. The quantitative estimate of drug-likeness (QED) is 0.621. The number of aromatic nitrogens is 2. The molecule has 1 amide bonds. The molecular weight excluding hydrogens is 230 g/mol. The minimum absolute atomic E-state index is 0.245. The largest absolute Gasteiger partial charge is 0.308 e. The summed E-state index contributed by atoms with van der Waals surface area (Å²) >= 11 is 0. The number of carbonyl (C=O) groups is 1. The zero-order valence-corrected chi connectivity index (χ0v) is 9.87. The Hall–Kier alpha value is -2.47. The monoisotopic (exact) mass is 243 g/mol. The van der Waals surface area contributed by atoms with Gasteiger partial charge in [0, 0.05) is 13.2 Å². The molecule has 0 fully saturated rings. The van der Waals surface area contributed by atoms with Crippen molar-refractivity contribution in [1.82, 2.24) is 9.97 Å². The second-order valence-corrected chi connectivity index (χ2v) is 3.60. The van der Waals surface area contributed by atoms with Crippen LogP contribution in [0, 0.1) is 0 Å². The summed E-state index contributed by atoms with van der Waals surface area (Å²) < 4.78 is 0.